The molecule has 0 rings (SSSR count). The molecule has 1 nitrogen and oxygen atoms in total. The summed E-state index contributed by atoms with van der Waals surface area (Å²) >= 11 is 0.306. The molecule has 4 heavy (non-hydrogen) atoms. The van der Waals surface area contributed by atoms with Crippen molar-refractivity contribution in [3.05, 3.63) is 0 Å². The standard InChI is InChI=1S/Al.Co.Ni.H2O.2H/h;;;1H2;;/q+1;;;;;/p-1. The third-order valence-electron chi connectivity index (χ3n) is 0. The number of rotatable bonds is 0. The van der Waals surface area contributed by atoms with Crippen LogP contribution in [0.1, 0.15) is 0 Å². The fourth-order valence-electron chi connectivity index (χ4n) is 0. The fourth-order valence-corrected chi connectivity index (χ4v) is 0. The van der Waals surface area contributed by atoms with Gasteiger partial charge in [0, 0.05) is 33.3 Å². The summed E-state index contributed by atoms with van der Waals surface area (Å²) in [6, 6.07) is 0. The van der Waals surface area contributed by atoms with Crippen molar-refractivity contribution >= 4 is 16.6 Å². The molecule has 0 aliphatic rings. The fraction of sp³-hybridized carbons (Fsp3) is 0. The minimum Gasteiger partial charge on any atom is -0.521 e. The third-order valence-corrected chi connectivity index (χ3v) is 0. The summed E-state index contributed by atoms with van der Waals surface area (Å²) in [7, 11) is 0. The Morgan fingerprint density at radius 2 is 1.25 bits per heavy atom. The number of hydrogen-bond donors (Lipinski definition) is 1. The van der Waals surface area contributed by atoms with E-state index in [1.165, 1.54) is 0 Å². The van der Waals surface area contributed by atoms with E-state index in [1.807, 2.05) is 0 Å². The van der Waals surface area contributed by atoms with Crippen LogP contribution in [0.15, 0.2) is 0 Å². The Morgan fingerprint density at radius 1 is 1.25 bits per heavy atom. The summed E-state index contributed by atoms with van der Waals surface area (Å²) < 4.78 is 7.14. The Kier molecular flexibility index (Phi) is 110. The normalized spacial score (nSPS) is 1.25. The van der Waals surface area contributed by atoms with Crippen molar-refractivity contribution in [2.45, 2.75) is 0 Å². The molecule has 0 aromatic heterocycles. The largest absolute Gasteiger partial charge is 0.521 e. The quantitative estimate of drug-likeness (QED) is 0.432. The van der Waals surface area contributed by atoms with Gasteiger partial charge < -0.3 is 4.16 Å². The van der Waals surface area contributed by atoms with Gasteiger partial charge in [-0.3, -0.25) is 0 Å². The van der Waals surface area contributed by atoms with Gasteiger partial charge in [0.15, 0.2) is 0 Å². The first kappa shape index (κ1) is 17.8. The molecule has 0 heterocycles. The molecule has 0 saturated carbocycles. The van der Waals surface area contributed by atoms with Crippen LogP contribution in [0.4, 0.5) is 0 Å². The van der Waals surface area contributed by atoms with Crippen LogP contribution in [0.5, 0.6) is 0 Å². The van der Waals surface area contributed by atoms with Crippen molar-refractivity contribution in [1.82, 2.24) is 0 Å². The van der Waals surface area contributed by atoms with E-state index in [9.17, 15) is 0 Å². The molecule has 0 aromatic rings. The van der Waals surface area contributed by atoms with E-state index < -0.39 is 0 Å². The molecule has 4 heteroatoms. The molecule has 0 saturated heterocycles. The van der Waals surface area contributed by atoms with Crippen LogP contribution in [0, 0.1) is 0 Å². The average molecular weight is 164 g/mol. The van der Waals surface area contributed by atoms with Gasteiger partial charge in [0.1, 0.15) is 0 Å². The van der Waals surface area contributed by atoms with E-state index in [4.69, 9.17) is 4.16 Å². The van der Waals surface area contributed by atoms with Gasteiger partial charge in [-0.2, -0.15) is 0 Å². The van der Waals surface area contributed by atoms with Crippen LogP contribution in [0.25, 0.3) is 0 Å². The Bertz CT molecular complexity index is 8.00. The van der Waals surface area contributed by atoms with Crippen molar-refractivity contribution in [2.24, 2.45) is 0 Å². The van der Waals surface area contributed by atoms with Gasteiger partial charge in [-0.05, 0) is 0 Å². The van der Waals surface area contributed by atoms with E-state index in [-0.39, 0.29) is 33.3 Å². The van der Waals surface area contributed by atoms with Gasteiger partial charge in [0.2, 0.25) is 0 Å². The van der Waals surface area contributed by atoms with E-state index in [1.54, 1.807) is 0 Å². The van der Waals surface area contributed by atoms with Crippen molar-refractivity contribution in [3.8, 4) is 0 Å². The summed E-state index contributed by atoms with van der Waals surface area (Å²) in [5.74, 6) is 0. The first-order valence-corrected chi connectivity index (χ1v) is 1.34. The third kappa shape index (κ3) is 9.74. The van der Waals surface area contributed by atoms with Gasteiger partial charge in [0.05, 0.1) is 0 Å². The molecule has 0 aromatic carbocycles. The molecule has 0 bridgehead atoms. The zero-order valence-electron chi connectivity index (χ0n) is 2.10. The van der Waals surface area contributed by atoms with Crippen molar-refractivity contribution in [2.75, 3.05) is 0 Å². The predicted molar refractivity (Wildman–Crippen MR) is 10.8 cm³/mol. The Hall–Kier alpha value is 1.49. The molecule has 1 N–H and O–H groups in total. The average Bonchev–Trinajstić information content (AvgIpc) is 1.00. The van der Waals surface area contributed by atoms with E-state index in [0.717, 1.165) is 0 Å². The maximum atomic E-state index is 7.14. The SMILES string of the molecule is [Co].[Ni].[OH][AlH2]. The van der Waals surface area contributed by atoms with E-state index in [0.29, 0.717) is 16.6 Å². The van der Waals surface area contributed by atoms with Crippen LogP contribution in [-0.2, 0) is 33.3 Å². The minimum absolute atomic E-state index is 0. The van der Waals surface area contributed by atoms with E-state index in [2.05, 4.69) is 0 Å². The smallest absolute Gasteiger partial charge is 0.407 e. The van der Waals surface area contributed by atoms with Crippen molar-refractivity contribution < 1.29 is 37.4 Å². The molecule has 0 amide bonds. The maximum Gasteiger partial charge on any atom is 0.407 e. The molecule has 0 aliphatic heterocycles. The maximum absolute atomic E-state index is 7.14. The Morgan fingerprint density at radius 3 is 1.25 bits per heavy atom. The topological polar surface area (TPSA) is 20.2 Å². The van der Waals surface area contributed by atoms with Crippen LogP contribution in [0.3, 0.4) is 0 Å². The van der Waals surface area contributed by atoms with Gasteiger partial charge >= 0.3 is 16.6 Å². The van der Waals surface area contributed by atoms with Gasteiger partial charge in [-0.1, -0.05) is 0 Å². The minimum atomic E-state index is 0. The second-order valence-corrected chi connectivity index (χ2v) is 0. The predicted octanol–water partition coefficient (Wildman–Crippen LogP) is -1.48. The molecular weight excluding hydrogens is 161 g/mol. The monoisotopic (exact) mass is 163 g/mol. The molecular formula is H3AlCoNiO. The number of hydrogen-bond acceptors (Lipinski definition) is 1. The molecule has 0 spiro atoms. The molecule has 0 atom stereocenters. The zero-order valence-corrected chi connectivity index (χ0v) is 6.13. The summed E-state index contributed by atoms with van der Waals surface area (Å²) in [6.45, 7) is 0. The van der Waals surface area contributed by atoms with Crippen LogP contribution in [0.2, 0.25) is 0 Å². The van der Waals surface area contributed by atoms with Gasteiger partial charge in [0.25, 0.3) is 0 Å². The second kappa shape index (κ2) is 24.6. The Balaban J connectivity index is -0.00000000500. The van der Waals surface area contributed by atoms with Crippen LogP contribution < -0.4 is 0 Å². The molecule has 0 aliphatic carbocycles. The molecule has 0 unspecified atom stereocenters. The molecule has 1 radical (unpaired) electrons. The van der Waals surface area contributed by atoms with Gasteiger partial charge in [-0.25, -0.2) is 0 Å². The first-order valence-electron chi connectivity index (χ1n) is 0.447. The first-order chi connectivity index (χ1) is 1.00. The molecule has 0 fully saturated rings. The summed E-state index contributed by atoms with van der Waals surface area (Å²) in [5, 5.41) is 0. The van der Waals surface area contributed by atoms with Crippen LogP contribution in [-0.4, -0.2) is 20.8 Å². The molecule has 31 valence electrons. The Labute approximate surface area is 54.0 Å². The van der Waals surface area contributed by atoms with Crippen LogP contribution >= 0.6 is 0 Å². The summed E-state index contributed by atoms with van der Waals surface area (Å²) in [6.07, 6.45) is 0. The summed E-state index contributed by atoms with van der Waals surface area (Å²) in [4.78, 5) is 0. The van der Waals surface area contributed by atoms with Crippen molar-refractivity contribution in [1.29, 1.82) is 0 Å². The van der Waals surface area contributed by atoms with E-state index >= 15 is 0 Å². The summed E-state index contributed by atoms with van der Waals surface area (Å²) in [5.41, 5.74) is 0. The zero-order chi connectivity index (χ0) is 2.00. The van der Waals surface area contributed by atoms with Gasteiger partial charge in [-0.15, -0.1) is 0 Å². The second-order valence-electron chi connectivity index (χ2n) is 0. The van der Waals surface area contributed by atoms with Crippen molar-refractivity contribution in [3.63, 3.8) is 0 Å².